The predicted octanol–water partition coefficient (Wildman–Crippen LogP) is 3.19. The average molecular weight is 540 g/mol. The van der Waals surface area contributed by atoms with Crippen molar-refractivity contribution < 1.29 is 19.0 Å². The molecule has 0 bridgehead atoms. The predicted molar refractivity (Wildman–Crippen MR) is 146 cm³/mol. The summed E-state index contributed by atoms with van der Waals surface area (Å²) in [6.07, 6.45) is 3.42. The van der Waals surface area contributed by atoms with Gasteiger partial charge in [0, 0.05) is 19.0 Å². The second-order valence-electron chi connectivity index (χ2n) is 9.46. The minimum atomic E-state index is -0.150. The molecule has 0 atom stereocenters. The molecule has 1 aromatic carbocycles. The number of esters is 1. The molecule has 4 aromatic rings. The van der Waals surface area contributed by atoms with Crippen LogP contribution in [0.15, 0.2) is 35.3 Å². The zero-order valence-corrected chi connectivity index (χ0v) is 22.8. The Hall–Kier alpha value is -3.28. The number of thiazole rings is 1. The van der Waals surface area contributed by atoms with Crippen molar-refractivity contribution in [2.24, 2.45) is 13.0 Å². The van der Waals surface area contributed by atoms with Crippen molar-refractivity contribution in [3.05, 3.63) is 51.4 Å². The number of carbonyl (C=O) groups is 1. The molecule has 0 N–H and O–H groups in total. The van der Waals surface area contributed by atoms with Crippen molar-refractivity contribution in [1.29, 1.82) is 0 Å². The summed E-state index contributed by atoms with van der Waals surface area (Å²) in [5.41, 5.74) is 2.15. The van der Waals surface area contributed by atoms with Crippen molar-refractivity contribution in [1.82, 2.24) is 24.2 Å². The number of piperidine rings is 1. The van der Waals surface area contributed by atoms with E-state index in [-0.39, 0.29) is 17.4 Å². The van der Waals surface area contributed by atoms with Gasteiger partial charge in [0.25, 0.3) is 5.56 Å². The molecule has 10 nitrogen and oxygen atoms in total. The van der Waals surface area contributed by atoms with Gasteiger partial charge in [0.2, 0.25) is 0 Å². The van der Waals surface area contributed by atoms with Crippen LogP contribution in [0.25, 0.3) is 21.3 Å². The Kier molecular flexibility index (Phi) is 8.06. The lowest BCUT2D eigenvalue weighted by molar-refractivity contribution is -0.149. The van der Waals surface area contributed by atoms with E-state index in [4.69, 9.17) is 19.2 Å². The molecule has 1 aliphatic heterocycles. The van der Waals surface area contributed by atoms with E-state index in [0.717, 1.165) is 64.5 Å². The van der Waals surface area contributed by atoms with Crippen LogP contribution in [0.2, 0.25) is 0 Å². The lowest BCUT2D eigenvalue weighted by atomic mass is 9.97. The third-order valence-electron chi connectivity index (χ3n) is 7.02. The summed E-state index contributed by atoms with van der Waals surface area (Å²) in [5, 5.41) is 6.12. The number of likely N-dealkylation sites (tertiary alicyclic amines) is 1. The second-order valence-corrected chi connectivity index (χ2v) is 10.5. The Labute approximate surface area is 224 Å². The molecule has 0 spiro atoms. The molecule has 3 aromatic heterocycles. The number of carbonyl (C=O) groups excluding carboxylic acids is 1. The summed E-state index contributed by atoms with van der Waals surface area (Å²) >= 11 is 1.54. The first-order chi connectivity index (χ1) is 18.5. The number of methoxy groups -OCH3 is 1. The fourth-order valence-electron chi connectivity index (χ4n) is 4.96. The van der Waals surface area contributed by atoms with Gasteiger partial charge in [0.1, 0.15) is 16.3 Å². The molecule has 1 saturated heterocycles. The molecule has 0 saturated carbocycles. The van der Waals surface area contributed by atoms with Gasteiger partial charge < -0.3 is 23.7 Å². The molecule has 0 amide bonds. The van der Waals surface area contributed by atoms with E-state index < -0.39 is 0 Å². The summed E-state index contributed by atoms with van der Waals surface area (Å²) in [6, 6.07) is 7.63. The van der Waals surface area contributed by atoms with Crippen molar-refractivity contribution in [3.8, 4) is 5.75 Å². The maximum Gasteiger partial charge on any atom is 0.309 e. The van der Waals surface area contributed by atoms with Gasteiger partial charge in [0.05, 0.1) is 50.3 Å². The highest BCUT2D eigenvalue weighted by Crippen LogP contribution is 2.31. The third-order valence-corrected chi connectivity index (χ3v) is 8.07. The van der Waals surface area contributed by atoms with Gasteiger partial charge >= 0.3 is 5.97 Å². The van der Waals surface area contributed by atoms with Crippen molar-refractivity contribution >= 4 is 38.6 Å². The topological polar surface area (TPSA) is 101 Å². The molecule has 1 aliphatic rings. The van der Waals surface area contributed by atoms with Crippen LogP contribution in [-0.4, -0.2) is 70.2 Å². The molecule has 38 heavy (non-hydrogen) atoms. The van der Waals surface area contributed by atoms with E-state index in [2.05, 4.69) is 10.00 Å². The van der Waals surface area contributed by atoms with E-state index in [0.29, 0.717) is 31.9 Å². The van der Waals surface area contributed by atoms with Gasteiger partial charge in [-0.25, -0.2) is 9.67 Å². The van der Waals surface area contributed by atoms with Crippen LogP contribution in [0.3, 0.4) is 0 Å². The smallest absolute Gasteiger partial charge is 0.309 e. The number of nitrogens with zero attached hydrogens (tertiary/aromatic N) is 5. The number of aryl methyl sites for hydroxylation is 1. The molecule has 0 unspecified atom stereocenters. The van der Waals surface area contributed by atoms with E-state index in [9.17, 15) is 9.59 Å². The van der Waals surface area contributed by atoms with Gasteiger partial charge in [-0.3, -0.25) is 9.59 Å². The molecule has 0 radical (unpaired) electrons. The standard InChI is InChI=1S/C27H33N5O5S/c1-4-37-27(34)19-8-10-31(11-9-19)12-13-36-17-22-29-25-24(38-22)21-15-28-32(26(33)23(21)30(25)2)16-18-6-5-7-20(14-18)35-3/h5-7,14-15,19H,4,8-13,16-17H2,1-3H3. The fourth-order valence-corrected chi connectivity index (χ4v) is 6.00. The lowest BCUT2D eigenvalue weighted by Gasteiger charge is -2.30. The van der Waals surface area contributed by atoms with Crippen molar-refractivity contribution in [2.45, 2.75) is 32.9 Å². The largest absolute Gasteiger partial charge is 0.497 e. The van der Waals surface area contributed by atoms with Crippen LogP contribution in [0.5, 0.6) is 5.75 Å². The minimum Gasteiger partial charge on any atom is -0.497 e. The zero-order valence-electron chi connectivity index (χ0n) is 22.0. The molecule has 4 heterocycles. The number of fused-ring (bicyclic) bond motifs is 3. The maximum atomic E-state index is 13.3. The molecule has 202 valence electrons. The summed E-state index contributed by atoms with van der Waals surface area (Å²) in [7, 11) is 3.49. The van der Waals surface area contributed by atoms with Crippen LogP contribution in [0.1, 0.15) is 30.3 Å². The van der Waals surface area contributed by atoms with Gasteiger partial charge in [0.15, 0.2) is 5.65 Å². The lowest BCUT2D eigenvalue weighted by Crippen LogP contribution is -2.38. The Bertz CT molecular complexity index is 1480. The summed E-state index contributed by atoms with van der Waals surface area (Å²) in [4.78, 5) is 32.3. The normalized spacial score (nSPS) is 14.9. The Balaban J connectivity index is 1.20. The van der Waals surface area contributed by atoms with Crippen LogP contribution >= 0.6 is 11.3 Å². The van der Waals surface area contributed by atoms with Crippen molar-refractivity contribution in [3.63, 3.8) is 0 Å². The highest BCUT2D eigenvalue weighted by molar-refractivity contribution is 7.19. The van der Waals surface area contributed by atoms with Gasteiger partial charge in [-0.05, 0) is 50.6 Å². The Morgan fingerprint density at radius 2 is 2.05 bits per heavy atom. The second kappa shape index (κ2) is 11.6. The first-order valence-corrected chi connectivity index (χ1v) is 13.7. The summed E-state index contributed by atoms with van der Waals surface area (Å²) < 4.78 is 20.6. The molecule has 11 heteroatoms. The first-order valence-electron chi connectivity index (χ1n) is 12.9. The number of hydrogen-bond donors (Lipinski definition) is 0. The number of aromatic nitrogens is 4. The highest BCUT2D eigenvalue weighted by atomic mass is 32.1. The minimum absolute atomic E-state index is 0.0187. The van der Waals surface area contributed by atoms with Gasteiger partial charge in [-0.15, -0.1) is 11.3 Å². The molecule has 5 rings (SSSR count). The van der Waals surface area contributed by atoms with Crippen molar-refractivity contribution in [2.75, 3.05) is 40.0 Å². The molecule has 0 aliphatic carbocycles. The zero-order chi connectivity index (χ0) is 26.6. The number of ether oxygens (including phenoxy) is 3. The fraction of sp³-hybridized carbons (Fsp3) is 0.481. The molecular weight excluding hydrogens is 506 g/mol. The molecular formula is C27H33N5O5S. The maximum absolute atomic E-state index is 13.3. The number of hydrogen-bond acceptors (Lipinski definition) is 9. The van der Waals surface area contributed by atoms with E-state index in [1.807, 2.05) is 42.8 Å². The third kappa shape index (κ3) is 5.45. The monoisotopic (exact) mass is 539 g/mol. The van der Waals surface area contributed by atoms with Crippen LogP contribution in [-0.2, 0) is 34.5 Å². The first kappa shape index (κ1) is 26.3. The van der Waals surface area contributed by atoms with Gasteiger partial charge in [-0.1, -0.05) is 12.1 Å². The van der Waals surface area contributed by atoms with Crippen LogP contribution < -0.4 is 10.3 Å². The SMILES string of the molecule is CCOC(=O)C1CCN(CCOCc2nc3c(s2)c2cnn(Cc4cccc(OC)c4)c(=O)c2n3C)CC1. The van der Waals surface area contributed by atoms with Gasteiger partial charge in [-0.2, -0.15) is 5.10 Å². The summed E-state index contributed by atoms with van der Waals surface area (Å²) in [6.45, 7) is 6.23. The van der Waals surface area contributed by atoms with E-state index >= 15 is 0 Å². The quantitative estimate of drug-likeness (QED) is 0.224. The number of benzene rings is 1. The summed E-state index contributed by atoms with van der Waals surface area (Å²) in [5.74, 6) is 0.691. The Morgan fingerprint density at radius 3 is 2.82 bits per heavy atom. The Morgan fingerprint density at radius 1 is 1.24 bits per heavy atom. The molecule has 1 fully saturated rings. The highest BCUT2D eigenvalue weighted by Gasteiger charge is 2.25. The van der Waals surface area contributed by atoms with E-state index in [1.165, 1.54) is 16.0 Å². The van der Waals surface area contributed by atoms with Crippen LogP contribution in [0, 0.1) is 5.92 Å². The van der Waals surface area contributed by atoms with Crippen LogP contribution in [0.4, 0.5) is 0 Å². The number of rotatable bonds is 10. The average Bonchev–Trinajstić information content (AvgIpc) is 3.47. The van der Waals surface area contributed by atoms with E-state index in [1.54, 1.807) is 13.3 Å².